The van der Waals surface area contributed by atoms with E-state index in [1.807, 2.05) is 0 Å². The van der Waals surface area contributed by atoms with Crippen molar-refractivity contribution < 1.29 is 14.3 Å². The molecule has 0 aromatic heterocycles. The molecule has 0 spiro atoms. The first-order valence-electron chi connectivity index (χ1n) is 5.62. The Kier molecular flexibility index (Phi) is 9.21. The predicted molar refractivity (Wildman–Crippen MR) is 70.1 cm³/mol. The second-order valence-electron chi connectivity index (χ2n) is 3.61. The highest BCUT2D eigenvalue weighted by atomic mass is 32.2. The van der Waals surface area contributed by atoms with Crippen molar-refractivity contribution in [3.8, 4) is 0 Å². The van der Waals surface area contributed by atoms with Crippen LogP contribution in [-0.2, 0) is 9.53 Å². The van der Waals surface area contributed by atoms with Crippen LogP contribution in [0.2, 0.25) is 0 Å². The zero-order valence-electron chi connectivity index (χ0n) is 10.5. The van der Waals surface area contributed by atoms with E-state index in [-0.39, 0.29) is 5.24 Å². The van der Waals surface area contributed by atoms with Gasteiger partial charge in [-0.15, -0.1) is 4.91 Å². The van der Waals surface area contributed by atoms with Gasteiger partial charge in [0, 0.05) is 0 Å². The average Bonchev–Trinajstić information content (AvgIpc) is 2.37. The molecule has 104 valence electrons. The molecule has 1 unspecified atom stereocenters. The van der Waals surface area contributed by atoms with Crippen LogP contribution in [-0.4, -0.2) is 36.3 Å². The van der Waals surface area contributed by atoms with Gasteiger partial charge in [-0.05, 0) is 44.2 Å². The summed E-state index contributed by atoms with van der Waals surface area (Å²) in [7, 11) is 0. The highest BCUT2D eigenvalue weighted by Gasteiger charge is 2.23. The zero-order chi connectivity index (χ0) is 14.0. The van der Waals surface area contributed by atoms with Crippen LogP contribution in [0.3, 0.4) is 0 Å². The maximum atomic E-state index is 11.7. The number of thioether (sulfide) groups is 1. The number of nitrogens with two attached hydrogens (primary N) is 1. The Balaban J connectivity index is 4.37. The lowest BCUT2D eigenvalue weighted by Crippen LogP contribution is -2.41. The summed E-state index contributed by atoms with van der Waals surface area (Å²) in [6.45, 7) is 1.88. The number of rotatable bonds is 8. The molecule has 0 aliphatic carbocycles. The van der Waals surface area contributed by atoms with Crippen LogP contribution >= 0.6 is 11.8 Å². The standard InChI is InChI=1S/C10H19N3O4S/c1-7(13-16)17-9(14)8(5-3-4-6-11)12-10(15)18-2/h7-8H,3-6,11H2,1-2H3,(H,12,15)/t7?,8-/m0/s1. The minimum absolute atomic E-state index is 0.323. The summed E-state index contributed by atoms with van der Waals surface area (Å²) in [5, 5.41) is 4.77. The van der Waals surface area contributed by atoms with Crippen molar-refractivity contribution in [3.63, 3.8) is 0 Å². The zero-order valence-corrected chi connectivity index (χ0v) is 11.4. The van der Waals surface area contributed by atoms with E-state index in [1.165, 1.54) is 6.92 Å². The van der Waals surface area contributed by atoms with Crippen molar-refractivity contribution >= 4 is 23.0 Å². The normalized spacial score (nSPS) is 13.5. The Morgan fingerprint density at radius 1 is 1.44 bits per heavy atom. The van der Waals surface area contributed by atoms with E-state index in [4.69, 9.17) is 10.5 Å². The van der Waals surface area contributed by atoms with Gasteiger partial charge in [-0.25, -0.2) is 4.79 Å². The fourth-order valence-corrected chi connectivity index (χ4v) is 1.47. The van der Waals surface area contributed by atoms with Gasteiger partial charge in [-0.2, -0.15) is 0 Å². The second kappa shape index (κ2) is 9.84. The number of nitroso groups, excluding NO2 is 1. The highest BCUT2D eigenvalue weighted by Crippen LogP contribution is 2.07. The number of hydrogen-bond donors (Lipinski definition) is 2. The van der Waals surface area contributed by atoms with Crippen LogP contribution in [0.4, 0.5) is 4.79 Å². The van der Waals surface area contributed by atoms with E-state index >= 15 is 0 Å². The summed E-state index contributed by atoms with van der Waals surface area (Å²) in [5.74, 6) is -0.651. The molecule has 0 aromatic carbocycles. The molecule has 1 amide bonds. The summed E-state index contributed by atoms with van der Waals surface area (Å²) in [4.78, 5) is 33.1. The van der Waals surface area contributed by atoms with Crippen molar-refractivity contribution in [2.75, 3.05) is 12.8 Å². The van der Waals surface area contributed by atoms with E-state index in [2.05, 4.69) is 10.5 Å². The molecule has 0 fully saturated rings. The van der Waals surface area contributed by atoms with E-state index < -0.39 is 18.2 Å². The van der Waals surface area contributed by atoms with E-state index in [1.54, 1.807) is 6.26 Å². The first-order chi connectivity index (χ1) is 8.54. The Morgan fingerprint density at radius 3 is 2.61 bits per heavy atom. The van der Waals surface area contributed by atoms with Gasteiger partial charge in [0.1, 0.15) is 6.04 Å². The van der Waals surface area contributed by atoms with Crippen molar-refractivity contribution in [1.29, 1.82) is 0 Å². The quantitative estimate of drug-likeness (QED) is 0.392. The van der Waals surface area contributed by atoms with Crippen molar-refractivity contribution in [2.45, 2.75) is 38.5 Å². The molecule has 0 aliphatic rings. The fourth-order valence-electron chi connectivity index (χ4n) is 1.21. The van der Waals surface area contributed by atoms with Crippen molar-refractivity contribution in [1.82, 2.24) is 5.32 Å². The summed E-state index contributed by atoms with van der Waals surface area (Å²) in [6, 6.07) is -0.763. The third-order valence-corrected chi connectivity index (χ3v) is 2.63. The van der Waals surface area contributed by atoms with Crippen LogP contribution < -0.4 is 11.1 Å². The number of nitrogens with zero attached hydrogens (tertiary/aromatic N) is 1. The third-order valence-electron chi connectivity index (χ3n) is 2.14. The molecule has 0 saturated carbocycles. The molecule has 0 aromatic rings. The van der Waals surface area contributed by atoms with Gasteiger partial charge in [-0.1, -0.05) is 11.8 Å². The minimum atomic E-state index is -1.05. The molecule has 0 bridgehead atoms. The molecular formula is C10H19N3O4S. The van der Waals surface area contributed by atoms with Gasteiger partial charge in [0.05, 0.1) is 0 Å². The first-order valence-corrected chi connectivity index (χ1v) is 6.85. The topological polar surface area (TPSA) is 111 Å². The summed E-state index contributed by atoms with van der Waals surface area (Å²) in [5.41, 5.74) is 5.36. The number of unbranched alkanes of at least 4 members (excludes halogenated alkanes) is 1. The van der Waals surface area contributed by atoms with Gasteiger partial charge < -0.3 is 15.8 Å². The number of carbonyl (C=O) groups is 2. The molecule has 0 aliphatic heterocycles. The van der Waals surface area contributed by atoms with E-state index in [9.17, 15) is 14.5 Å². The number of carbonyl (C=O) groups excluding carboxylic acids is 2. The SMILES string of the molecule is CSC(=O)N[C@@H](CCCCN)C(=O)OC(C)N=O. The Labute approximate surface area is 110 Å². The Hall–Kier alpha value is -1.15. The molecular weight excluding hydrogens is 258 g/mol. The fraction of sp³-hybridized carbons (Fsp3) is 0.800. The molecule has 3 N–H and O–H groups in total. The maximum absolute atomic E-state index is 11.7. The second-order valence-corrected chi connectivity index (χ2v) is 4.39. The molecule has 18 heavy (non-hydrogen) atoms. The molecule has 2 atom stereocenters. The van der Waals surface area contributed by atoms with Crippen LogP contribution in [0, 0.1) is 4.91 Å². The van der Waals surface area contributed by atoms with E-state index in [0.29, 0.717) is 19.4 Å². The van der Waals surface area contributed by atoms with Gasteiger partial charge >= 0.3 is 5.97 Å². The number of ether oxygens (including phenoxy) is 1. The van der Waals surface area contributed by atoms with Gasteiger partial charge in [0.15, 0.2) is 0 Å². The van der Waals surface area contributed by atoms with Crippen molar-refractivity contribution in [2.24, 2.45) is 10.9 Å². The predicted octanol–water partition coefficient (Wildman–Crippen LogP) is 1.21. The van der Waals surface area contributed by atoms with Crippen LogP contribution in [0.5, 0.6) is 0 Å². The lowest BCUT2D eigenvalue weighted by molar-refractivity contribution is -0.150. The number of amides is 1. The maximum Gasteiger partial charge on any atom is 0.330 e. The molecule has 0 heterocycles. The molecule has 0 saturated heterocycles. The molecule has 0 radical (unpaired) electrons. The summed E-state index contributed by atoms with van der Waals surface area (Å²) >= 11 is 0.967. The van der Waals surface area contributed by atoms with E-state index in [0.717, 1.165) is 18.2 Å². The Morgan fingerprint density at radius 2 is 2.11 bits per heavy atom. The lowest BCUT2D eigenvalue weighted by atomic mass is 10.1. The third kappa shape index (κ3) is 7.23. The van der Waals surface area contributed by atoms with Crippen LogP contribution in [0.1, 0.15) is 26.2 Å². The van der Waals surface area contributed by atoms with Crippen LogP contribution in [0.15, 0.2) is 5.18 Å². The Bertz CT molecular complexity index is 288. The molecule has 0 rings (SSSR count). The summed E-state index contributed by atoms with van der Waals surface area (Å²) in [6.07, 6.45) is 2.41. The molecule has 7 nitrogen and oxygen atoms in total. The lowest BCUT2D eigenvalue weighted by Gasteiger charge is -2.17. The van der Waals surface area contributed by atoms with Crippen molar-refractivity contribution in [3.05, 3.63) is 4.91 Å². The number of hydrogen-bond acceptors (Lipinski definition) is 7. The number of esters is 1. The smallest absolute Gasteiger partial charge is 0.330 e. The number of nitrogens with one attached hydrogen (secondary N) is 1. The monoisotopic (exact) mass is 277 g/mol. The average molecular weight is 277 g/mol. The summed E-state index contributed by atoms with van der Waals surface area (Å²) < 4.78 is 4.76. The minimum Gasteiger partial charge on any atom is -0.435 e. The largest absolute Gasteiger partial charge is 0.435 e. The van der Waals surface area contributed by atoms with Gasteiger partial charge in [0.25, 0.3) is 5.24 Å². The van der Waals surface area contributed by atoms with Gasteiger partial charge in [-0.3, -0.25) is 4.79 Å². The van der Waals surface area contributed by atoms with Gasteiger partial charge in [0.2, 0.25) is 6.23 Å². The van der Waals surface area contributed by atoms with Crippen LogP contribution in [0.25, 0.3) is 0 Å². The highest BCUT2D eigenvalue weighted by molar-refractivity contribution is 8.12. The first kappa shape index (κ1) is 16.9. The molecule has 8 heteroatoms.